The highest BCUT2D eigenvalue weighted by atomic mass is 16.5. The first-order chi connectivity index (χ1) is 10.7. The van der Waals surface area contributed by atoms with Gasteiger partial charge in [0.1, 0.15) is 11.4 Å². The Morgan fingerprint density at radius 2 is 2.05 bits per heavy atom. The number of primary amides is 1. The van der Waals surface area contributed by atoms with Crippen LogP contribution in [0.5, 0.6) is 5.75 Å². The lowest BCUT2D eigenvalue weighted by molar-refractivity contribution is 0.0995. The van der Waals surface area contributed by atoms with Gasteiger partial charge in [0.15, 0.2) is 0 Å². The summed E-state index contributed by atoms with van der Waals surface area (Å²) in [6.45, 7) is 0. The number of ether oxygens (including phenoxy) is 1. The van der Waals surface area contributed by atoms with Gasteiger partial charge in [-0.15, -0.1) is 0 Å². The van der Waals surface area contributed by atoms with E-state index in [2.05, 4.69) is 9.97 Å². The van der Waals surface area contributed by atoms with Gasteiger partial charge >= 0.3 is 0 Å². The molecule has 0 atom stereocenters. The summed E-state index contributed by atoms with van der Waals surface area (Å²) in [6.07, 6.45) is 3.87. The number of pyridine rings is 2. The van der Waals surface area contributed by atoms with Gasteiger partial charge in [0, 0.05) is 24.2 Å². The Labute approximate surface area is 127 Å². The minimum atomic E-state index is -0.538. The zero-order chi connectivity index (χ0) is 15.5. The van der Waals surface area contributed by atoms with Crippen molar-refractivity contribution in [3.63, 3.8) is 0 Å². The summed E-state index contributed by atoms with van der Waals surface area (Å²) in [6, 6.07) is 11.3. The molecule has 1 amide bonds. The predicted octanol–water partition coefficient (Wildman–Crippen LogP) is 2.33. The van der Waals surface area contributed by atoms with Crippen LogP contribution >= 0.6 is 0 Å². The second-order valence-electron chi connectivity index (χ2n) is 4.92. The van der Waals surface area contributed by atoms with Gasteiger partial charge in [-0.05, 0) is 29.3 Å². The summed E-state index contributed by atoms with van der Waals surface area (Å²) >= 11 is 0. The minimum absolute atomic E-state index is 0.282. The van der Waals surface area contributed by atoms with Gasteiger partial charge < -0.3 is 10.5 Å². The van der Waals surface area contributed by atoms with E-state index in [4.69, 9.17) is 10.5 Å². The van der Waals surface area contributed by atoms with E-state index in [1.807, 2.05) is 30.3 Å². The quantitative estimate of drug-likeness (QED) is 0.800. The van der Waals surface area contributed by atoms with E-state index in [1.54, 1.807) is 25.6 Å². The minimum Gasteiger partial charge on any atom is -0.496 e. The molecule has 0 aliphatic carbocycles. The Hall–Kier alpha value is -2.95. The predicted molar refractivity (Wildman–Crippen MR) is 83.9 cm³/mol. The number of nitrogens with zero attached hydrogens (tertiary/aromatic N) is 2. The van der Waals surface area contributed by atoms with Crippen molar-refractivity contribution in [3.8, 4) is 5.75 Å². The van der Waals surface area contributed by atoms with Crippen LogP contribution in [-0.4, -0.2) is 23.0 Å². The Kier molecular flexibility index (Phi) is 3.70. The fourth-order valence-corrected chi connectivity index (χ4v) is 2.46. The van der Waals surface area contributed by atoms with Crippen LogP contribution in [0.25, 0.3) is 10.9 Å². The van der Waals surface area contributed by atoms with Crippen LogP contribution in [0.4, 0.5) is 0 Å². The molecule has 0 saturated heterocycles. The van der Waals surface area contributed by atoms with Gasteiger partial charge in [-0.1, -0.05) is 18.2 Å². The molecule has 2 aromatic heterocycles. The molecule has 2 heterocycles. The molecule has 0 unspecified atom stereocenters. The average molecular weight is 293 g/mol. The van der Waals surface area contributed by atoms with E-state index >= 15 is 0 Å². The van der Waals surface area contributed by atoms with Crippen LogP contribution in [0.15, 0.2) is 48.8 Å². The first-order valence-electron chi connectivity index (χ1n) is 6.84. The van der Waals surface area contributed by atoms with E-state index < -0.39 is 5.91 Å². The smallest absolute Gasteiger partial charge is 0.267 e. The summed E-state index contributed by atoms with van der Waals surface area (Å²) in [7, 11) is 1.62. The molecule has 22 heavy (non-hydrogen) atoms. The summed E-state index contributed by atoms with van der Waals surface area (Å²) in [5.41, 5.74) is 8.20. The third-order valence-electron chi connectivity index (χ3n) is 3.50. The fraction of sp³-hybridized carbons (Fsp3) is 0.118. The number of fused-ring (bicyclic) bond motifs is 1. The first kappa shape index (κ1) is 14.0. The molecule has 110 valence electrons. The summed E-state index contributed by atoms with van der Waals surface area (Å²) < 4.78 is 5.36. The maximum Gasteiger partial charge on any atom is 0.267 e. The average Bonchev–Trinajstić information content (AvgIpc) is 2.54. The van der Waals surface area contributed by atoms with Crippen LogP contribution in [0.3, 0.4) is 0 Å². The van der Waals surface area contributed by atoms with Gasteiger partial charge in [0.2, 0.25) is 0 Å². The first-order valence-corrected chi connectivity index (χ1v) is 6.84. The molecule has 0 bridgehead atoms. The van der Waals surface area contributed by atoms with Crippen molar-refractivity contribution in [3.05, 3.63) is 65.6 Å². The van der Waals surface area contributed by atoms with E-state index in [0.717, 1.165) is 22.3 Å². The maximum absolute atomic E-state index is 11.7. The van der Waals surface area contributed by atoms with Gasteiger partial charge in [0.05, 0.1) is 12.6 Å². The highest BCUT2D eigenvalue weighted by Gasteiger charge is 2.14. The third-order valence-corrected chi connectivity index (χ3v) is 3.50. The lowest BCUT2D eigenvalue weighted by Crippen LogP contribution is -2.16. The lowest BCUT2D eigenvalue weighted by Gasteiger charge is -2.11. The number of para-hydroxylation sites is 1. The number of carbonyl (C=O) groups is 1. The van der Waals surface area contributed by atoms with Gasteiger partial charge in [-0.2, -0.15) is 0 Å². The monoisotopic (exact) mass is 293 g/mol. The normalized spacial score (nSPS) is 10.6. The van der Waals surface area contributed by atoms with Crippen LogP contribution in [0.2, 0.25) is 0 Å². The highest BCUT2D eigenvalue weighted by Crippen LogP contribution is 2.24. The molecule has 3 rings (SSSR count). The highest BCUT2D eigenvalue weighted by molar-refractivity contribution is 5.95. The van der Waals surface area contributed by atoms with Crippen molar-refractivity contribution in [2.45, 2.75) is 6.42 Å². The number of aromatic nitrogens is 2. The number of benzene rings is 1. The molecular formula is C17H15N3O2. The van der Waals surface area contributed by atoms with Crippen LogP contribution in [-0.2, 0) is 6.42 Å². The molecule has 5 nitrogen and oxygen atoms in total. The molecule has 0 aliphatic rings. The molecule has 0 aliphatic heterocycles. The Morgan fingerprint density at radius 1 is 1.23 bits per heavy atom. The van der Waals surface area contributed by atoms with Crippen molar-refractivity contribution < 1.29 is 9.53 Å². The van der Waals surface area contributed by atoms with Gasteiger partial charge in [-0.25, -0.2) is 4.98 Å². The molecule has 0 fully saturated rings. The topological polar surface area (TPSA) is 78.1 Å². The molecule has 3 aromatic rings. The molecule has 5 heteroatoms. The number of carbonyl (C=O) groups excluding carboxylic acids is 1. The Balaban J connectivity index is 2.12. The van der Waals surface area contributed by atoms with Crippen molar-refractivity contribution >= 4 is 16.8 Å². The number of amides is 1. The summed E-state index contributed by atoms with van der Waals surface area (Å²) in [5.74, 6) is 0.229. The third kappa shape index (κ3) is 2.61. The number of hydrogen-bond acceptors (Lipinski definition) is 4. The fourth-order valence-electron chi connectivity index (χ4n) is 2.46. The molecule has 0 saturated carbocycles. The van der Waals surface area contributed by atoms with E-state index in [1.165, 1.54) is 0 Å². The molecule has 2 N–H and O–H groups in total. The van der Waals surface area contributed by atoms with Gasteiger partial charge in [0.25, 0.3) is 5.91 Å². The second-order valence-corrected chi connectivity index (χ2v) is 4.92. The van der Waals surface area contributed by atoms with E-state index in [0.29, 0.717) is 11.9 Å². The second kappa shape index (κ2) is 5.81. The Bertz CT molecular complexity index is 846. The summed E-state index contributed by atoms with van der Waals surface area (Å²) in [5, 5.41) is 0.873. The Morgan fingerprint density at radius 3 is 2.82 bits per heavy atom. The number of hydrogen-bond donors (Lipinski definition) is 1. The van der Waals surface area contributed by atoms with Crippen molar-refractivity contribution in [2.24, 2.45) is 5.73 Å². The number of methoxy groups -OCH3 is 1. The standard InChI is InChI=1S/C17H15N3O2/c1-22-15-5-3-2-4-11(15)8-12-9-13-10-19-7-6-14(13)20-16(12)17(18)21/h2-7,9-10H,8H2,1H3,(H2,18,21). The van der Waals surface area contributed by atoms with Crippen molar-refractivity contribution in [2.75, 3.05) is 7.11 Å². The zero-order valence-corrected chi connectivity index (χ0v) is 12.1. The van der Waals surface area contributed by atoms with Crippen LogP contribution in [0.1, 0.15) is 21.6 Å². The van der Waals surface area contributed by atoms with Crippen molar-refractivity contribution in [1.82, 2.24) is 9.97 Å². The lowest BCUT2D eigenvalue weighted by atomic mass is 10.0. The molecule has 0 radical (unpaired) electrons. The molecule has 1 aromatic carbocycles. The maximum atomic E-state index is 11.7. The number of nitrogens with two attached hydrogens (primary N) is 1. The SMILES string of the molecule is COc1ccccc1Cc1cc2cnccc2nc1C(N)=O. The number of rotatable bonds is 4. The van der Waals surface area contributed by atoms with Gasteiger partial charge in [-0.3, -0.25) is 9.78 Å². The van der Waals surface area contributed by atoms with Crippen LogP contribution < -0.4 is 10.5 Å². The zero-order valence-electron chi connectivity index (χ0n) is 12.1. The van der Waals surface area contributed by atoms with E-state index in [-0.39, 0.29) is 5.69 Å². The largest absolute Gasteiger partial charge is 0.496 e. The van der Waals surface area contributed by atoms with E-state index in [9.17, 15) is 4.79 Å². The summed E-state index contributed by atoms with van der Waals surface area (Å²) in [4.78, 5) is 20.2. The molecular weight excluding hydrogens is 278 g/mol. The molecule has 0 spiro atoms. The van der Waals surface area contributed by atoms with Crippen molar-refractivity contribution in [1.29, 1.82) is 0 Å². The van der Waals surface area contributed by atoms with Crippen LogP contribution in [0, 0.1) is 0 Å².